The molecule has 0 spiro atoms. The summed E-state index contributed by atoms with van der Waals surface area (Å²) < 4.78 is 7.00. The number of nitrogens with zero attached hydrogens (tertiary/aromatic N) is 3. The molecular formula is C14H27N5O. The molecule has 1 heterocycles. The van der Waals surface area contributed by atoms with Crippen LogP contribution in [0.2, 0.25) is 0 Å². The normalized spacial score (nSPS) is 13.6. The monoisotopic (exact) mass is 281 g/mol. The Morgan fingerprint density at radius 1 is 1.45 bits per heavy atom. The molecule has 0 aliphatic carbocycles. The number of nitrogens with two attached hydrogens (primary N) is 1. The van der Waals surface area contributed by atoms with E-state index in [2.05, 4.69) is 29.3 Å². The highest BCUT2D eigenvalue weighted by Gasteiger charge is 2.13. The average molecular weight is 281 g/mol. The summed E-state index contributed by atoms with van der Waals surface area (Å²) in [5.74, 6) is 0.447. The van der Waals surface area contributed by atoms with Crippen LogP contribution in [-0.4, -0.2) is 35.5 Å². The van der Waals surface area contributed by atoms with Crippen molar-refractivity contribution in [3.05, 3.63) is 17.0 Å². The molecule has 0 aliphatic rings. The van der Waals surface area contributed by atoms with E-state index < -0.39 is 0 Å². The van der Waals surface area contributed by atoms with E-state index in [0.29, 0.717) is 19.1 Å². The lowest BCUT2D eigenvalue weighted by molar-refractivity contribution is 0.179. The second kappa shape index (κ2) is 7.89. The third-order valence-electron chi connectivity index (χ3n) is 3.25. The summed E-state index contributed by atoms with van der Waals surface area (Å²) in [6, 6.07) is 0.147. The number of aromatic nitrogens is 2. The van der Waals surface area contributed by atoms with Gasteiger partial charge in [-0.05, 0) is 19.8 Å². The molecule has 0 saturated heterocycles. The highest BCUT2D eigenvalue weighted by molar-refractivity contribution is 5.78. The van der Waals surface area contributed by atoms with Gasteiger partial charge in [0.25, 0.3) is 0 Å². The van der Waals surface area contributed by atoms with E-state index >= 15 is 0 Å². The SMILES string of the molecule is CCc1nn(C)c(CC)c1CN=C(N)NC(C)COC. The van der Waals surface area contributed by atoms with Crippen LogP contribution in [-0.2, 0) is 31.2 Å². The van der Waals surface area contributed by atoms with Gasteiger partial charge in [-0.2, -0.15) is 5.10 Å². The lowest BCUT2D eigenvalue weighted by atomic mass is 10.1. The molecule has 0 amide bonds. The van der Waals surface area contributed by atoms with Crippen molar-refractivity contribution in [3.63, 3.8) is 0 Å². The standard InChI is InChI=1S/C14H27N5O/c1-6-12-11(13(7-2)19(4)18-12)8-16-14(15)17-10(3)9-20-5/h10H,6-9H2,1-5H3,(H3,15,16,17). The van der Waals surface area contributed by atoms with Gasteiger partial charge in [0.05, 0.1) is 18.8 Å². The number of guanidine groups is 1. The molecule has 0 bridgehead atoms. The number of hydrogen-bond acceptors (Lipinski definition) is 3. The van der Waals surface area contributed by atoms with Gasteiger partial charge in [0.2, 0.25) is 0 Å². The minimum atomic E-state index is 0.147. The molecule has 1 atom stereocenters. The third-order valence-corrected chi connectivity index (χ3v) is 3.25. The largest absolute Gasteiger partial charge is 0.383 e. The fraction of sp³-hybridized carbons (Fsp3) is 0.714. The quantitative estimate of drug-likeness (QED) is 0.577. The molecular weight excluding hydrogens is 254 g/mol. The van der Waals surface area contributed by atoms with E-state index in [1.54, 1.807) is 7.11 Å². The molecule has 0 saturated carbocycles. The maximum absolute atomic E-state index is 5.90. The van der Waals surface area contributed by atoms with Crippen molar-refractivity contribution < 1.29 is 4.74 Å². The summed E-state index contributed by atoms with van der Waals surface area (Å²) >= 11 is 0. The molecule has 1 rings (SSSR count). The zero-order valence-corrected chi connectivity index (χ0v) is 13.2. The molecule has 1 unspecified atom stereocenters. The summed E-state index contributed by atoms with van der Waals surface area (Å²) in [4.78, 5) is 4.42. The lowest BCUT2D eigenvalue weighted by Gasteiger charge is -2.13. The fourth-order valence-electron chi connectivity index (χ4n) is 2.33. The molecule has 6 heteroatoms. The predicted molar refractivity (Wildman–Crippen MR) is 81.8 cm³/mol. The Hall–Kier alpha value is -1.56. The van der Waals surface area contributed by atoms with E-state index in [-0.39, 0.29) is 6.04 Å². The van der Waals surface area contributed by atoms with Crippen LogP contribution in [0.3, 0.4) is 0 Å². The van der Waals surface area contributed by atoms with Crippen molar-refractivity contribution in [2.45, 2.75) is 46.2 Å². The fourth-order valence-corrected chi connectivity index (χ4v) is 2.33. The number of hydrogen-bond donors (Lipinski definition) is 2. The molecule has 0 fully saturated rings. The Kier molecular flexibility index (Phi) is 6.51. The van der Waals surface area contributed by atoms with E-state index in [1.807, 2.05) is 18.7 Å². The number of methoxy groups -OCH3 is 1. The Bertz CT molecular complexity index is 453. The highest BCUT2D eigenvalue weighted by atomic mass is 16.5. The highest BCUT2D eigenvalue weighted by Crippen LogP contribution is 2.16. The summed E-state index contributed by atoms with van der Waals surface area (Å²) in [6.45, 7) is 7.41. The van der Waals surface area contributed by atoms with Crippen LogP contribution in [0.4, 0.5) is 0 Å². The predicted octanol–water partition coefficient (Wildman–Crippen LogP) is 0.984. The van der Waals surface area contributed by atoms with Crippen LogP contribution in [0.25, 0.3) is 0 Å². The molecule has 3 N–H and O–H groups in total. The molecule has 1 aromatic rings. The maximum Gasteiger partial charge on any atom is 0.189 e. The van der Waals surface area contributed by atoms with Crippen molar-refractivity contribution in [2.24, 2.45) is 17.8 Å². The number of nitrogens with one attached hydrogen (secondary N) is 1. The van der Waals surface area contributed by atoms with Crippen molar-refractivity contribution >= 4 is 5.96 Å². The van der Waals surface area contributed by atoms with Crippen LogP contribution in [0.1, 0.15) is 37.7 Å². The van der Waals surface area contributed by atoms with Gasteiger partial charge in [-0.3, -0.25) is 4.68 Å². The van der Waals surface area contributed by atoms with Gasteiger partial charge in [-0.1, -0.05) is 13.8 Å². The van der Waals surface area contributed by atoms with Crippen LogP contribution in [0.5, 0.6) is 0 Å². The van der Waals surface area contributed by atoms with Crippen LogP contribution in [0, 0.1) is 0 Å². The smallest absolute Gasteiger partial charge is 0.189 e. The van der Waals surface area contributed by atoms with Gasteiger partial charge >= 0.3 is 0 Å². The first kappa shape index (κ1) is 16.5. The molecule has 0 radical (unpaired) electrons. The first-order chi connectivity index (χ1) is 9.53. The minimum Gasteiger partial charge on any atom is -0.383 e. The second-order valence-electron chi connectivity index (χ2n) is 4.90. The average Bonchev–Trinajstić information content (AvgIpc) is 2.71. The summed E-state index contributed by atoms with van der Waals surface area (Å²) in [7, 11) is 3.65. The lowest BCUT2D eigenvalue weighted by Crippen LogP contribution is -2.40. The van der Waals surface area contributed by atoms with Crippen molar-refractivity contribution in [1.82, 2.24) is 15.1 Å². The Morgan fingerprint density at radius 2 is 2.15 bits per heavy atom. The van der Waals surface area contributed by atoms with Crippen LogP contribution < -0.4 is 11.1 Å². The molecule has 1 aromatic heterocycles. The van der Waals surface area contributed by atoms with Crippen LogP contribution >= 0.6 is 0 Å². The Morgan fingerprint density at radius 3 is 2.70 bits per heavy atom. The topological polar surface area (TPSA) is 77.5 Å². The van der Waals surface area contributed by atoms with Gasteiger partial charge < -0.3 is 15.8 Å². The molecule has 0 aliphatic heterocycles. The van der Waals surface area contributed by atoms with E-state index in [1.165, 1.54) is 11.3 Å². The van der Waals surface area contributed by atoms with E-state index in [4.69, 9.17) is 10.5 Å². The molecule has 114 valence electrons. The molecule has 6 nitrogen and oxygen atoms in total. The van der Waals surface area contributed by atoms with E-state index in [0.717, 1.165) is 18.5 Å². The van der Waals surface area contributed by atoms with Crippen LogP contribution in [0.15, 0.2) is 4.99 Å². The zero-order chi connectivity index (χ0) is 15.1. The summed E-state index contributed by atoms with van der Waals surface area (Å²) in [5, 5.41) is 7.64. The number of ether oxygens (including phenoxy) is 1. The first-order valence-corrected chi connectivity index (χ1v) is 7.12. The van der Waals surface area contributed by atoms with Crippen molar-refractivity contribution in [1.29, 1.82) is 0 Å². The Balaban J connectivity index is 2.77. The first-order valence-electron chi connectivity index (χ1n) is 7.12. The van der Waals surface area contributed by atoms with Gasteiger partial charge in [0, 0.05) is 31.5 Å². The van der Waals surface area contributed by atoms with Crippen molar-refractivity contribution in [2.75, 3.05) is 13.7 Å². The Labute approximate surface area is 121 Å². The third kappa shape index (κ3) is 4.23. The number of aryl methyl sites for hydroxylation is 2. The van der Waals surface area contributed by atoms with Gasteiger partial charge in [0.15, 0.2) is 5.96 Å². The minimum absolute atomic E-state index is 0.147. The second-order valence-corrected chi connectivity index (χ2v) is 4.90. The maximum atomic E-state index is 5.90. The summed E-state index contributed by atoms with van der Waals surface area (Å²) in [6.07, 6.45) is 1.86. The molecule has 20 heavy (non-hydrogen) atoms. The van der Waals surface area contributed by atoms with Gasteiger partial charge in [-0.15, -0.1) is 0 Å². The van der Waals surface area contributed by atoms with Crippen molar-refractivity contribution in [3.8, 4) is 0 Å². The van der Waals surface area contributed by atoms with Gasteiger partial charge in [0.1, 0.15) is 0 Å². The number of rotatable bonds is 7. The molecule has 0 aromatic carbocycles. The van der Waals surface area contributed by atoms with Gasteiger partial charge in [-0.25, -0.2) is 4.99 Å². The summed E-state index contributed by atoms with van der Waals surface area (Å²) in [5.41, 5.74) is 9.42. The van der Waals surface area contributed by atoms with E-state index in [9.17, 15) is 0 Å². The zero-order valence-electron chi connectivity index (χ0n) is 13.2. The number of aliphatic imine (C=N–C) groups is 1.